The summed E-state index contributed by atoms with van der Waals surface area (Å²) in [5.41, 5.74) is 1.11. The van der Waals surface area contributed by atoms with Crippen LogP contribution in [-0.2, 0) is 9.53 Å². The van der Waals surface area contributed by atoms with Crippen molar-refractivity contribution < 1.29 is 29.0 Å². The number of rotatable bonds is 4. The van der Waals surface area contributed by atoms with Gasteiger partial charge < -0.3 is 4.74 Å². The van der Waals surface area contributed by atoms with Crippen molar-refractivity contribution >= 4 is 22.3 Å². The average Bonchev–Trinajstić information content (AvgIpc) is 2.44. The van der Waals surface area contributed by atoms with Crippen molar-refractivity contribution in [2.75, 3.05) is 0 Å². The second-order valence-electron chi connectivity index (χ2n) is 5.36. The summed E-state index contributed by atoms with van der Waals surface area (Å²) in [4.78, 5) is 7.03. The molecule has 0 amide bonds. The minimum atomic E-state index is -10.1. The summed E-state index contributed by atoms with van der Waals surface area (Å²) < 4.78 is 70.6. The summed E-state index contributed by atoms with van der Waals surface area (Å²) in [5.74, 6) is -1.43. The van der Waals surface area contributed by atoms with Gasteiger partial charge in [0.05, 0.1) is 0 Å². The van der Waals surface area contributed by atoms with Gasteiger partial charge in [0.2, 0.25) is 0 Å². The number of carbonyl (C=O) groups excluding carboxylic acids is 1. The van der Waals surface area contributed by atoms with Gasteiger partial charge in [-0.15, -0.1) is 0 Å². The normalized spacial score (nSPS) is 24.2. The van der Waals surface area contributed by atoms with Crippen LogP contribution < -0.4 is 0 Å². The quantitative estimate of drug-likeness (QED) is 0.472. The number of ether oxygens (including phenoxy) is 1. The van der Waals surface area contributed by atoms with E-state index < -0.39 is 27.5 Å². The van der Waals surface area contributed by atoms with Crippen molar-refractivity contribution in [3.63, 3.8) is 0 Å². The Morgan fingerprint density at radius 3 is 2.21 bits per heavy atom. The molecule has 0 aliphatic heterocycles. The van der Waals surface area contributed by atoms with Crippen molar-refractivity contribution in [3.8, 4) is 0 Å². The third kappa shape index (κ3) is 3.87. The van der Waals surface area contributed by atoms with Crippen LogP contribution >= 0.6 is 10.2 Å². The van der Waals surface area contributed by atoms with Gasteiger partial charge in [-0.05, 0) is 17.2 Å². The molecule has 1 aromatic rings. The van der Waals surface area contributed by atoms with Gasteiger partial charge in [0, 0.05) is 13.3 Å². The van der Waals surface area contributed by atoms with Crippen LogP contribution in [0.4, 0.5) is 19.4 Å². The smallest absolute Gasteiger partial charge is 0.325 e. The Hall–Kier alpha value is -2.09. The summed E-state index contributed by atoms with van der Waals surface area (Å²) in [6.45, 7) is 0.660. The first kappa shape index (κ1) is 18.3. The van der Waals surface area contributed by atoms with E-state index in [4.69, 9.17) is 0 Å². The zero-order valence-corrected chi connectivity index (χ0v) is 13.4. The largest absolute Gasteiger partial charge is 0.434 e. The van der Waals surface area contributed by atoms with E-state index in [1.54, 1.807) is 36.4 Å². The van der Waals surface area contributed by atoms with Gasteiger partial charge in [-0.25, -0.2) is 0 Å². The molecule has 0 N–H and O–H groups in total. The summed E-state index contributed by atoms with van der Waals surface area (Å²) >= 11 is 0. The van der Waals surface area contributed by atoms with E-state index in [1.165, 1.54) is 6.08 Å². The Bertz CT molecular complexity index is 735. The fraction of sp³-hybridized carbons (Fsp3) is 0.188. The highest BCUT2D eigenvalue weighted by Gasteiger charge is 2.80. The van der Waals surface area contributed by atoms with Gasteiger partial charge in [0.15, 0.2) is 0 Å². The summed E-state index contributed by atoms with van der Waals surface area (Å²) in [6, 6.07) is 8.93. The number of carbonyl (C=O) groups is 1. The molecular weight excluding hydrogens is 351 g/mol. The zero-order valence-electron chi connectivity index (χ0n) is 12.6. The van der Waals surface area contributed by atoms with Gasteiger partial charge in [-0.3, -0.25) is 4.79 Å². The average molecular weight is 366 g/mol. The lowest BCUT2D eigenvalue weighted by Crippen LogP contribution is -2.44. The molecular formula is C16H15F5O2S. The van der Waals surface area contributed by atoms with Crippen LogP contribution in [0.2, 0.25) is 0 Å². The number of halogens is 5. The van der Waals surface area contributed by atoms with Gasteiger partial charge in [0.1, 0.15) is 0 Å². The molecule has 1 atom stereocenters. The Morgan fingerprint density at radius 2 is 1.75 bits per heavy atom. The van der Waals surface area contributed by atoms with Crippen LogP contribution in [0.1, 0.15) is 18.9 Å². The molecule has 1 unspecified atom stereocenters. The molecule has 1 aromatic carbocycles. The predicted molar refractivity (Wildman–Crippen MR) is 84.9 cm³/mol. The number of hydrogen-bond donors (Lipinski definition) is 0. The number of allylic oxidation sites excluding steroid dienone is 3. The molecule has 0 heterocycles. The minimum absolute atomic E-state index is 0.223. The van der Waals surface area contributed by atoms with E-state index >= 15 is 0 Å². The number of hydrogen-bond acceptors (Lipinski definition) is 2. The maximum absolute atomic E-state index is 13.3. The molecule has 0 saturated carbocycles. The van der Waals surface area contributed by atoms with Crippen LogP contribution in [0, 0.1) is 0 Å². The van der Waals surface area contributed by atoms with Crippen molar-refractivity contribution in [2.45, 2.75) is 18.3 Å². The van der Waals surface area contributed by atoms with Crippen molar-refractivity contribution in [3.05, 3.63) is 65.8 Å². The van der Waals surface area contributed by atoms with E-state index in [0.717, 1.165) is 17.7 Å². The van der Waals surface area contributed by atoms with Gasteiger partial charge in [-0.1, -0.05) is 74.1 Å². The maximum atomic E-state index is 13.3. The first-order valence-corrected chi connectivity index (χ1v) is 8.82. The highest BCUT2D eigenvalue weighted by Crippen LogP contribution is 3.04. The third-order valence-electron chi connectivity index (χ3n) is 3.39. The second-order valence-corrected chi connectivity index (χ2v) is 7.99. The topological polar surface area (TPSA) is 26.3 Å². The van der Waals surface area contributed by atoms with Crippen LogP contribution in [0.15, 0.2) is 60.2 Å². The lowest BCUT2D eigenvalue weighted by atomic mass is 10.0. The van der Waals surface area contributed by atoms with Gasteiger partial charge >= 0.3 is 16.2 Å². The lowest BCUT2D eigenvalue weighted by Gasteiger charge is -2.53. The van der Waals surface area contributed by atoms with E-state index in [2.05, 4.69) is 4.74 Å². The predicted octanol–water partition coefficient (Wildman–Crippen LogP) is 6.14. The molecule has 0 spiro atoms. The Morgan fingerprint density at radius 1 is 1.12 bits per heavy atom. The molecule has 132 valence electrons. The van der Waals surface area contributed by atoms with E-state index in [1.807, 2.05) is 0 Å². The van der Waals surface area contributed by atoms with Crippen LogP contribution in [-0.4, -0.2) is 10.9 Å². The van der Waals surface area contributed by atoms with E-state index in [-0.39, 0.29) is 6.08 Å². The summed E-state index contributed by atoms with van der Waals surface area (Å²) in [6.07, 6.45) is 4.03. The zero-order chi connectivity index (χ0) is 18.1. The monoisotopic (exact) mass is 366 g/mol. The Labute approximate surface area is 136 Å². The van der Waals surface area contributed by atoms with Crippen LogP contribution in [0.3, 0.4) is 0 Å². The lowest BCUT2D eigenvalue weighted by molar-refractivity contribution is -0.148. The van der Waals surface area contributed by atoms with E-state index in [9.17, 15) is 24.2 Å². The molecule has 8 heteroatoms. The molecule has 2 nitrogen and oxygen atoms in total. The highest BCUT2D eigenvalue weighted by molar-refractivity contribution is 8.46. The standard InChI is InChI=1S/C16H15F5O2S/c1-13(22)23-16(24(17,18,19,20)21)11-9-15(10-12-16)8-7-14-5-3-2-4-6-14/h2-11H,12H2,1H3. The number of esters is 1. The van der Waals surface area contributed by atoms with Crippen molar-refractivity contribution in [1.82, 2.24) is 0 Å². The third-order valence-corrected chi connectivity index (χ3v) is 5.08. The molecule has 1 aliphatic rings. The molecule has 1 aliphatic carbocycles. The highest BCUT2D eigenvalue weighted by atomic mass is 32.5. The Kier molecular flexibility index (Phi) is 3.96. The van der Waals surface area contributed by atoms with Crippen LogP contribution in [0.25, 0.3) is 6.08 Å². The summed E-state index contributed by atoms with van der Waals surface area (Å²) in [7, 11) is -10.1. The Balaban J connectivity index is 2.30. The fourth-order valence-corrected chi connectivity index (χ4v) is 3.18. The number of benzene rings is 1. The maximum Gasteiger partial charge on any atom is 0.325 e. The minimum Gasteiger partial charge on any atom is -0.434 e. The second kappa shape index (κ2) is 5.20. The van der Waals surface area contributed by atoms with E-state index in [0.29, 0.717) is 12.5 Å². The van der Waals surface area contributed by atoms with Crippen molar-refractivity contribution in [1.29, 1.82) is 0 Å². The SMILES string of the molecule is CC(=O)OC1(S(F)(F)(F)(F)F)C=CC(C=Cc2ccccc2)=CC1. The van der Waals surface area contributed by atoms with Crippen LogP contribution in [0.5, 0.6) is 0 Å². The fourth-order valence-electron chi connectivity index (χ4n) is 2.18. The molecule has 0 radical (unpaired) electrons. The molecule has 2 rings (SSSR count). The molecule has 0 bridgehead atoms. The molecule has 0 saturated heterocycles. The molecule has 0 fully saturated rings. The van der Waals surface area contributed by atoms with Gasteiger partial charge in [-0.2, -0.15) is 0 Å². The first-order chi connectivity index (χ1) is 10.8. The molecule has 24 heavy (non-hydrogen) atoms. The summed E-state index contributed by atoms with van der Waals surface area (Å²) in [5, 5.41) is 0. The first-order valence-electron chi connectivity index (χ1n) is 6.87. The van der Waals surface area contributed by atoms with Gasteiger partial charge in [0.25, 0.3) is 4.93 Å². The molecule has 0 aromatic heterocycles. The van der Waals surface area contributed by atoms with Crippen molar-refractivity contribution in [2.24, 2.45) is 0 Å².